The fourth-order valence-corrected chi connectivity index (χ4v) is 2.35. The first-order valence-electron chi connectivity index (χ1n) is 5.86. The standard InChI is InChI=1S/C12H15Cl2N3O/c1-17-4-2-8(3-5-17)16-12(18)9-6-11(14)15-7-10(9)13/h6-8H,2-5H2,1H3,(H,16,18). The summed E-state index contributed by atoms with van der Waals surface area (Å²) < 4.78 is 0. The van der Waals surface area contributed by atoms with E-state index < -0.39 is 0 Å². The van der Waals surface area contributed by atoms with Crippen LogP contribution in [0.2, 0.25) is 10.2 Å². The number of nitrogens with one attached hydrogen (secondary N) is 1. The van der Waals surface area contributed by atoms with Gasteiger partial charge in [0, 0.05) is 12.2 Å². The average molecular weight is 288 g/mol. The number of carbonyl (C=O) groups is 1. The lowest BCUT2D eigenvalue weighted by Crippen LogP contribution is -2.43. The maximum absolute atomic E-state index is 12.1. The summed E-state index contributed by atoms with van der Waals surface area (Å²) in [6.45, 7) is 1.99. The molecular weight excluding hydrogens is 273 g/mol. The second-order valence-corrected chi connectivity index (χ2v) is 5.33. The van der Waals surface area contributed by atoms with Crippen molar-refractivity contribution in [2.24, 2.45) is 0 Å². The number of pyridine rings is 1. The molecule has 0 radical (unpaired) electrons. The van der Waals surface area contributed by atoms with Crippen molar-refractivity contribution in [1.29, 1.82) is 0 Å². The van der Waals surface area contributed by atoms with Gasteiger partial charge in [-0.15, -0.1) is 0 Å². The van der Waals surface area contributed by atoms with Crippen molar-refractivity contribution in [2.75, 3.05) is 20.1 Å². The van der Waals surface area contributed by atoms with Gasteiger partial charge in [-0.1, -0.05) is 23.2 Å². The summed E-state index contributed by atoms with van der Waals surface area (Å²) in [7, 11) is 2.08. The van der Waals surface area contributed by atoms with Crippen LogP contribution in [0, 0.1) is 0 Å². The average Bonchev–Trinajstić information content (AvgIpc) is 2.35. The van der Waals surface area contributed by atoms with Gasteiger partial charge in [0.1, 0.15) is 5.15 Å². The summed E-state index contributed by atoms with van der Waals surface area (Å²) in [5.74, 6) is -0.182. The van der Waals surface area contributed by atoms with E-state index in [1.807, 2.05) is 0 Å². The van der Waals surface area contributed by atoms with Gasteiger partial charge in [0.2, 0.25) is 0 Å². The van der Waals surface area contributed by atoms with E-state index in [1.54, 1.807) is 0 Å². The third-order valence-corrected chi connectivity index (χ3v) is 3.63. The summed E-state index contributed by atoms with van der Waals surface area (Å²) in [4.78, 5) is 18.1. The molecule has 0 aliphatic carbocycles. The van der Waals surface area contributed by atoms with E-state index in [9.17, 15) is 4.79 Å². The Bertz CT molecular complexity index is 445. The van der Waals surface area contributed by atoms with Crippen molar-refractivity contribution in [1.82, 2.24) is 15.2 Å². The molecule has 0 atom stereocenters. The highest BCUT2D eigenvalue weighted by Gasteiger charge is 2.20. The van der Waals surface area contributed by atoms with E-state index in [-0.39, 0.29) is 17.1 Å². The molecule has 1 aromatic heterocycles. The maximum Gasteiger partial charge on any atom is 0.253 e. The van der Waals surface area contributed by atoms with E-state index in [0.29, 0.717) is 10.6 Å². The second kappa shape index (κ2) is 5.87. The highest BCUT2D eigenvalue weighted by molar-refractivity contribution is 6.35. The Balaban J connectivity index is 2.01. The smallest absolute Gasteiger partial charge is 0.253 e. The Morgan fingerprint density at radius 2 is 2.11 bits per heavy atom. The molecule has 1 amide bonds. The van der Waals surface area contributed by atoms with Crippen LogP contribution >= 0.6 is 23.2 Å². The number of halogens is 2. The molecule has 1 fully saturated rings. The molecule has 2 rings (SSSR count). The van der Waals surface area contributed by atoms with Gasteiger partial charge >= 0.3 is 0 Å². The van der Waals surface area contributed by atoms with Gasteiger partial charge in [0.25, 0.3) is 5.91 Å². The zero-order valence-electron chi connectivity index (χ0n) is 10.1. The zero-order valence-corrected chi connectivity index (χ0v) is 11.6. The third kappa shape index (κ3) is 3.34. The van der Waals surface area contributed by atoms with Crippen LogP contribution in [0.3, 0.4) is 0 Å². The van der Waals surface area contributed by atoms with Gasteiger partial charge in [0.05, 0.1) is 10.6 Å². The summed E-state index contributed by atoms with van der Waals surface area (Å²) in [5, 5.41) is 3.58. The first-order chi connectivity index (χ1) is 8.56. The zero-order chi connectivity index (χ0) is 13.1. The van der Waals surface area contributed by atoms with Gasteiger partial charge in [-0.3, -0.25) is 4.79 Å². The van der Waals surface area contributed by atoms with Crippen molar-refractivity contribution >= 4 is 29.1 Å². The lowest BCUT2D eigenvalue weighted by Gasteiger charge is -2.29. The van der Waals surface area contributed by atoms with E-state index >= 15 is 0 Å². The predicted molar refractivity (Wildman–Crippen MR) is 72.2 cm³/mol. The third-order valence-electron chi connectivity index (χ3n) is 3.12. The number of nitrogens with zero attached hydrogens (tertiary/aromatic N) is 2. The molecule has 4 nitrogen and oxygen atoms in total. The minimum absolute atomic E-state index is 0.182. The van der Waals surface area contributed by atoms with E-state index in [1.165, 1.54) is 12.3 Å². The van der Waals surface area contributed by atoms with Gasteiger partial charge in [-0.05, 0) is 39.0 Å². The van der Waals surface area contributed by atoms with Crippen LogP contribution < -0.4 is 5.32 Å². The monoisotopic (exact) mass is 287 g/mol. The van der Waals surface area contributed by atoms with E-state index in [4.69, 9.17) is 23.2 Å². The number of aromatic nitrogens is 1. The minimum atomic E-state index is -0.182. The van der Waals surface area contributed by atoms with Crippen LogP contribution in [-0.4, -0.2) is 42.0 Å². The Labute approximate surface area is 116 Å². The summed E-state index contributed by atoms with van der Waals surface area (Å²) in [6.07, 6.45) is 3.31. The molecule has 1 N–H and O–H groups in total. The van der Waals surface area contributed by atoms with Crippen molar-refractivity contribution in [3.05, 3.63) is 28.0 Å². The number of amides is 1. The molecule has 0 aromatic carbocycles. The first-order valence-corrected chi connectivity index (χ1v) is 6.62. The highest BCUT2D eigenvalue weighted by atomic mass is 35.5. The molecule has 98 valence electrons. The van der Waals surface area contributed by atoms with Crippen LogP contribution in [0.25, 0.3) is 0 Å². The lowest BCUT2D eigenvalue weighted by atomic mass is 10.1. The number of rotatable bonds is 2. The Hall–Kier alpha value is -0.840. The van der Waals surface area contributed by atoms with Crippen LogP contribution in [0.4, 0.5) is 0 Å². The van der Waals surface area contributed by atoms with Gasteiger partial charge in [-0.25, -0.2) is 4.98 Å². The number of carbonyl (C=O) groups excluding carboxylic acids is 1. The molecule has 0 spiro atoms. The van der Waals surface area contributed by atoms with Gasteiger partial charge < -0.3 is 10.2 Å². The lowest BCUT2D eigenvalue weighted by molar-refractivity contribution is 0.0917. The Morgan fingerprint density at radius 3 is 2.78 bits per heavy atom. The normalized spacial score (nSPS) is 17.7. The molecule has 2 heterocycles. The van der Waals surface area contributed by atoms with Crippen LogP contribution in [0.15, 0.2) is 12.3 Å². The summed E-state index contributed by atoms with van der Waals surface area (Å²) in [6, 6.07) is 1.70. The molecule has 1 saturated heterocycles. The van der Waals surface area contributed by atoms with Gasteiger partial charge in [-0.2, -0.15) is 0 Å². The molecule has 1 aromatic rings. The number of hydrogen-bond acceptors (Lipinski definition) is 3. The molecule has 1 aliphatic rings. The fraction of sp³-hybridized carbons (Fsp3) is 0.500. The number of likely N-dealkylation sites (tertiary alicyclic amines) is 1. The minimum Gasteiger partial charge on any atom is -0.349 e. The molecule has 0 bridgehead atoms. The predicted octanol–water partition coefficient (Wildman–Crippen LogP) is 2.21. The Kier molecular flexibility index (Phi) is 4.43. The van der Waals surface area contributed by atoms with Gasteiger partial charge in [0.15, 0.2) is 0 Å². The van der Waals surface area contributed by atoms with Crippen molar-refractivity contribution in [2.45, 2.75) is 18.9 Å². The first kappa shape index (κ1) is 13.6. The largest absolute Gasteiger partial charge is 0.349 e. The topological polar surface area (TPSA) is 45.2 Å². The van der Waals surface area contributed by atoms with Crippen molar-refractivity contribution in [3.63, 3.8) is 0 Å². The highest BCUT2D eigenvalue weighted by Crippen LogP contribution is 2.19. The van der Waals surface area contributed by atoms with Crippen LogP contribution in [0.1, 0.15) is 23.2 Å². The number of piperidine rings is 1. The van der Waals surface area contributed by atoms with Crippen LogP contribution in [-0.2, 0) is 0 Å². The fourth-order valence-electron chi connectivity index (χ4n) is 2.00. The molecular formula is C12H15Cl2N3O. The second-order valence-electron chi connectivity index (χ2n) is 4.54. The molecule has 0 saturated carbocycles. The van der Waals surface area contributed by atoms with Crippen molar-refractivity contribution in [3.8, 4) is 0 Å². The SMILES string of the molecule is CN1CCC(NC(=O)c2cc(Cl)ncc2Cl)CC1. The van der Waals surface area contributed by atoms with Crippen molar-refractivity contribution < 1.29 is 4.79 Å². The molecule has 18 heavy (non-hydrogen) atoms. The maximum atomic E-state index is 12.1. The summed E-state index contributed by atoms with van der Waals surface area (Å²) in [5.41, 5.74) is 0.385. The van der Waals surface area contributed by atoms with Crippen LogP contribution in [0.5, 0.6) is 0 Å². The molecule has 6 heteroatoms. The quantitative estimate of drug-likeness (QED) is 0.849. The van der Waals surface area contributed by atoms with E-state index in [2.05, 4.69) is 22.2 Å². The molecule has 0 unspecified atom stereocenters. The molecule has 1 aliphatic heterocycles. The number of hydrogen-bond donors (Lipinski definition) is 1. The van der Waals surface area contributed by atoms with E-state index in [0.717, 1.165) is 25.9 Å². The Morgan fingerprint density at radius 1 is 1.44 bits per heavy atom. The summed E-state index contributed by atoms with van der Waals surface area (Å²) >= 11 is 11.7.